The average Bonchev–Trinajstić information content (AvgIpc) is 2.30. The average molecular weight is 220 g/mol. The van der Waals surface area contributed by atoms with Crippen LogP contribution in [0.15, 0.2) is 24.3 Å². The van der Waals surface area contributed by atoms with Crippen LogP contribution >= 0.6 is 0 Å². The lowest BCUT2D eigenvalue weighted by Gasteiger charge is -2.37. The molecule has 1 fully saturated rings. The fourth-order valence-corrected chi connectivity index (χ4v) is 2.74. The molecule has 0 bridgehead atoms. The second kappa shape index (κ2) is 4.46. The zero-order valence-corrected chi connectivity index (χ0v) is 9.82. The minimum absolute atomic E-state index is 0.00833. The summed E-state index contributed by atoms with van der Waals surface area (Å²) in [7, 11) is 0. The van der Waals surface area contributed by atoms with Gasteiger partial charge in [-0.05, 0) is 24.5 Å². The molecule has 88 valence electrons. The third kappa shape index (κ3) is 2.07. The summed E-state index contributed by atoms with van der Waals surface area (Å²) < 4.78 is 0. The molecule has 0 radical (unpaired) electrons. The van der Waals surface area contributed by atoms with Gasteiger partial charge in [0.15, 0.2) is 0 Å². The molecule has 2 nitrogen and oxygen atoms in total. The number of hydrogen-bond donors (Lipinski definition) is 2. The molecular weight excluding hydrogens is 200 g/mol. The third-order valence-corrected chi connectivity index (χ3v) is 3.93. The van der Waals surface area contributed by atoms with E-state index in [9.17, 15) is 10.2 Å². The Morgan fingerprint density at radius 1 is 1.12 bits per heavy atom. The lowest BCUT2D eigenvalue weighted by atomic mass is 9.73. The molecule has 2 rings (SSSR count). The van der Waals surface area contributed by atoms with Crippen LogP contribution in [-0.2, 0) is 0 Å². The summed E-state index contributed by atoms with van der Waals surface area (Å²) in [6.45, 7) is 2.01. The van der Waals surface area contributed by atoms with Gasteiger partial charge in [-0.3, -0.25) is 0 Å². The van der Waals surface area contributed by atoms with Crippen molar-refractivity contribution in [3.8, 4) is 5.75 Å². The third-order valence-electron chi connectivity index (χ3n) is 3.93. The summed E-state index contributed by atoms with van der Waals surface area (Å²) in [6, 6.07) is 7.33. The maximum absolute atomic E-state index is 10.6. The number of aliphatic hydroxyl groups is 1. The molecule has 0 heterocycles. The molecule has 1 aromatic rings. The van der Waals surface area contributed by atoms with Crippen LogP contribution in [0.1, 0.15) is 50.5 Å². The van der Waals surface area contributed by atoms with Crippen LogP contribution in [0.3, 0.4) is 0 Å². The van der Waals surface area contributed by atoms with Gasteiger partial charge in [0.2, 0.25) is 0 Å². The Kier molecular flexibility index (Phi) is 3.20. The van der Waals surface area contributed by atoms with E-state index >= 15 is 0 Å². The van der Waals surface area contributed by atoms with Gasteiger partial charge in [0.05, 0.1) is 5.60 Å². The van der Waals surface area contributed by atoms with Crippen LogP contribution in [0.4, 0.5) is 0 Å². The smallest absolute Gasteiger partial charge is 0.119 e. The molecule has 0 saturated heterocycles. The van der Waals surface area contributed by atoms with Crippen LogP contribution in [0.2, 0.25) is 0 Å². The first-order valence-corrected chi connectivity index (χ1v) is 6.14. The first-order chi connectivity index (χ1) is 7.63. The first-order valence-electron chi connectivity index (χ1n) is 6.14. The van der Waals surface area contributed by atoms with E-state index in [0.717, 1.165) is 31.2 Å². The van der Waals surface area contributed by atoms with Crippen molar-refractivity contribution in [2.75, 3.05) is 0 Å². The number of aromatic hydroxyl groups is 1. The van der Waals surface area contributed by atoms with E-state index in [1.54, 1.807) is 6.07 Å². The fourth-order valence-electron chi connectivity index (χ4n) is 2.74. The van der Waals surface area contributed by atoms with Gasteiger partial charge >= 0.3 is 0 Å². The summed E-state index contributed by atoms with van der Waals surface area (Å²) in [5.41, 5.74) is 0.240. The zero-order chi connectivity index (χ0) is 11.6. The monoisotopic (exact) mass is 220 g/mol. The van der Waals surface area contributed by atoms with Crippen molar-refractivity contribution in [2.24, 2.45) is 0 Å². The number of para-hydroxylation sites is 1. The molecule has 0 spiro atoms. The van der Waals surface area contributed by atoms with Gasteiger partial charge < -0.3 is 10.2 Å². The van der Waals surface area contributed by atoms with E-state index < -0.39 is 5.60 Å². The Morgan fingerprint density at radius 2 is 1.75 bits per heavy atom. The molecule has 16 heavy (non-hydrogen) atoms. The molecule has 0 aromatic heterocycles. The van der Waals surface area contributed by atoms with Crippen molar-refractivity contribution in [1.29, 1.82) is 0 Å². The summed E-state index contributed by atoms with van der Waals surface area (Å²) in [5, 5.41) is 20.4. The molecule has 0 amide bonds. The summed E-state index contributed by atoms with van der Waals surface area (Å²) >= 11 is 0. The largest absolute Gasteiger partial charge is 0.508 e. The quantitative estimate of drug-likeness (QED) is 0.803. The zero-order valence-electron chi connectivity index (χ0n) is 9.82. The molecule has 0 aliphatic heterocycles. The Bertz CT molecular complexity index is 354. The van der Waals surface area contributed by atoms with Crippen molar-refractivity contribution in [2.45, 2.75) is 50.5 Å². The number of phenolic OH excluding ortho intramolecular Hbond substituents is 1. The molecule has 1 aromatic carbocycles. The van der Waals surface area contributed by atoms with Crippen molar-refractivity contribution in [3.63, 3.8) is 0 Å². The van der Waals surface area contributed by atoms with Crippen molar-refractivity contribution in [1.82, 2.24) is 0 Å². The van der Waals surface area contributed by atoms with E-state index in [0.29, 0.717) is 5.75 Å². The lowest BCUT2D eigenvalue weighted by molar-refractivity contribution is -0.0174. The van der Waals surface area contributed by atoms with Crippen molar-refractivity contribution < 1.29 is 10.2 Å². The molecule has 1 atom stereocenters. The molecular formula is C14H20O2. The molecule has 2 heteroatoms. The summed E-state index contributed by atoms with van der Waals surface area (Å²) in [5.74, 6) is 0.308. The van der Waals surface area contributed by atoms with Crippen LogP contribution in [0.5, 0.6) is 5.75 Å². The molecule has 2 N–H and O–H groups in total. The molecule has 1 unspecified atom stereocenters. The van der Waals surface area contributed by atoms with Crippen molar-refractivity contribution >= 4 is 0 Å². The minimum Gasteiger partial charge on any atom is -0.508 e. The van der Waals surface area contributed by atoms with Gasteiger partial charge in [0.1, 0.15) is 5.75 Å². The molecule has 1 saturated carbocycles. The van der Waals surface area contributed by atoms with E-state index in [2.05, 4.69) is 0 Å². The van der Waals surface area contributed by atoms with Crippen LogP contribution < -0.4 is 0 Å². The predicted octanol–water partition coefficient (Wildman–Crippen LogP) is 3.19. The Morgan fingerprint density at radius 3 is 2.38 bits per heavy atom. The highest BCUT2D eigenvalue weighted by Crippen LogP contribution is 2.41. The predicted molar refractivity (Wildman–Crippen MR) is 64.6 cm³/mol. The lowest BCUT2D eigenvalue weighted by Crippen LogP contribution is -2.37. The maximum Gasteiger partial charge on any atom is 0.119 e. The van der Waals surface area contributed by atoms with E-state index in [4.69, 9.17) is 0 Å². The molecule has 1 aliphatic rings. The number of phenols is 1. The standard InChI is InChI=1S/C14H20O2/c1-11(12-7-3-4-8-13(12)15)14(16)9-5-2-6-10-14/h3-4,7-8,11,15-16H,2,5-6,9-10H2,1H3. The van der Waals surface area contributed by atoms with Gasteiger partial charge in [0.25, 0.3) is 0 Å². The van der Waals surface area contributed by atoms with Crippen LogP contribution in [0.25, 0.3) is 0 Å². The number of benzene rings is 1. The van der Waals surface area contributed by atoms with Gasteiger partial charge in [0, 0.05) is 5.92 Å². The topological polar surface area (TPSA) is 40.5 Å². The molecule has 1 aliphatic carbocycles. The Labute approximate surface area is 96.9 Å². The highest BCUT2D eigenvalue weighted by molar-refractivity contribution is 5.36. The second-order valence-corrected chi connectivity index (χ2v) is 4.94. The van der Waals surface area contributed by atoms with Gasteiger partial charge in [-0.1, -0.05) is 44.4 Å². The SMILES string of the molecule is CC(c1ccccc1O)C1(O)CCCCC1. The van der Waals surface area contributed by atoms with Crippen molar-refractivity contribution in [3.05, 3.63) is 29.8 Å². The second-order valence-electron chi connectivity index (χ2n) is 4.94. The number of rotatable bonds is 2. The van der Waals surface area contributed by atoms with Gasteiger partial charge in [-0.2, -0.15) is 0 Å². The normalized spacial score (nSPS) is 21.6. The maximum atomic E-state index is 10.6. The highest BCUT2D eigenvalue weighted by atomic mass is 16.3. The summed E-state index contributed by atoms with van der Waals surface area (Å²) in [4.78, 5) is 0. The highest BCUT2D eigenvalue weighted by Gasteiger charge is 2.36. The van der Waals surface area contributed by atoms with Gasteiger partial charge in [-0.25, -0.2) is 0 Å². The Balaban J connectivity index is 2.24. The fraction of sp³-hybridized carbons (Fsp3) is 0.571. The first kappa shape index (κ1) is 11.5. The van der Waals surface area contributed by atoms with Gasteiger partial charge in [-0.15, -0.1) is 0 Å². The van der Waals surface area contributed by atoms with E-state index in [-0.39, 0.29) is 5.92 Å². The Hall–Kier alpha value is -1.02. The number of hydrogen-bond acceptors (Lipinski definition) is 2. The van der Waals surface area contributed by atoms with E-state index in [1.165, 1.54) is 6.42 Å². The summed E-state index contributed by atoms with van der Waals surface area (Å²) in [6.07, 6.45) is 5.10. The van der Waals surface area contributed by atoms with Crippen LogP contribution in [0, 0.1) is 0 Å². The van der Waals surface area contributed by atoms with Crippen LogP contribution in [-0.4, -0.2) is 15.8 Å². The minimum atomic E-state index is -0.628. The van der Waals surface area contributed by atoms with E-state index in [1.807, 2.05) is 25.1 Å².